The molecule has 1 heterocycles. The number of benzene rings is 2. The first-order chi connectivity index (χ1) is 13.7. The molecule has 0 aliphatic carbocycles. The summed E-state index contributed by atoms with van der Waals surface area (Å²) >= 11 is 1.59. The highest BCUT2D eigenvalue weighted by Gasteiger charge is 2.08. The molecular formula is C23H25NO3S. The van der Waals surface area contributed by atoms with Gasteiger partial charge < -0.3 is 9.84 Å². The number of nitrogens with zero attached hydrogens (tertiary/aromatic N) is 1. The van der Waals surface area contributed by atoms with Gasteiger partial charge in [0.05, 0.1) is 17.0 Å². The number of carboxylic acids is 1. The molecule has 146 valence electrons. The van der Waals surface area contributed by atoms with E-state index < -0.39 is 5.97 Å². The molecule has 0 saturated heterocycles. The fourth-order valence-electron chi connectivity index (χ4n) is 2.91. The zero-order valence-corrected chi connectivity index (χ0v) is 16.9. The van der Waals surface area contributed by atoms with Crippen molar-refractivity contribution < 1.29 is 14.6 Å². The van der Waals surface area contributed by atoms with Gasteiger partial charge in [-0.1, -0.05) is 44.7 Å². The summed E-state index contributed by atoms with van der Waals surface area (Å²) < 4.78 is 5.82. The van der Waals surface area contributed by atoms with Gasteiger partial charge in [-0.2, -0.15) is 0 Å². The van der Waals surface area contributed by atoms with Crippen LogP contribution in [0.1, 0.15) is 49.4 Å². The smallest absolute Gasteiger partial charge is 0.335 e. The van der Waals surface area contributed by atoms with Gasteiger partial charge in [0.1, 0.15) is 10.8 Å². The lowest BCUT2D eigenvalue weighted by atomic mass is 10.1. The summed E-state index contributed by atoms with van der Waals surface area (Å²) in [5, 5.41) is 9.87. The third kappa shape index (κ3) is 5.42. The van der Waals surface area contributed by atoms with Gasteiger partial charge in [-0.25, -0.2) is 9.78 Å². The number of hydrogen-bond donors (Lipinski definition) is 1. The van der Waals surface area contributed by atoms with Crippen LogP contribution in [0.3, 0.4) is 0 Å². The van der Waals surface area contributed by atoms with E-state index in [2.05, 4.69) is 24.0 Å². The van der Waals surface area contributed by atoms with Crippen molar-refractivity contribution in [1.82, 2.24) is 4.98 Å². The van der Waals surface area contributed by atoms with Gasteiger partial charge in [-0.3, -0.25) is 0 Å². The predicted octanol–water partition coefficient (Wildman–Crippen LogP) is 6.52. The monoisotopic (exact) mass is 395 g/mol. The van der Waals surface area contributed by atoms with Gasteiger partial charge in [0.2, 0.25) is 0 Å². The maximum atomic E-state index is 11.0. The van der Waals surface area contributed by atoms with Crippen LogP contribution < -0.4 is 4.74 Å². The molecule has 0 unspecified atom stereocenters. The van der Waals surface area contributed by atoms with Crippen molar-refractivity contribution in [1.29, 1.82) is 0 Å². The Kier molecular flexibility index (Phi) is 7.20. The minimum absolute atomic E-state index is 0.279. The number of carboxylic acid groups (broad SMARTS) is 1. The molecule has 0 radical (unpaired) electrons. The van der Waals surface area contributed by atoms with Crippen LogP contribution >= 0.6 is 11.3 Å². The molecule has 3 aromatic rings. The number of aromatic nitrogens is 1. The van der Waals surface area contributed by atoms with Crippen LogP contribution in [0.15, 0.2) is 54.7 Å². The Morgan fingerprint density at radius 3 is 2.32 bits per heavy atom. The molecule has 0 fully saturated rings. The largest absolute Gasteiger partial charge is 0.494 e. The van der Waals surface area contributed by atoms with Crippen LogP contribution in [0, 0.1) is 0 Å². The van der Waals surface area contributed by atoms with E-state index in [1.807, 2.05) is 18.3 Å². The van der Waals surface area contributed by atoms with E-state index >= 15 is 0 Å². The van der Waals surface area contributed by atoms with Gasteiger partial charge in [-0.05, 0) is 48.4 Å². The van der Waals surface area contributed by atoms with Crippen molar-refractivity contribution in [3.05, 3.63) is 60.3 Å². The van der Waals surface area contributed by atoms with Crippen molar-refractivity contribution >= 4 is 17.3 Å². The highest BCUT2D eigenvalue weighted by atomic mass is 32.1. The molecule has 0 bridgehead atoms. The number of unbranched alkanes of at least 4 members (excludes halogenated alkanes) is 4. The third-order valence-electron chi connectivity index (χ3n) is 4.54. The lowest BCUT2D eigenvalue weighted by molar-refractivity contribution is 0.0697. The van der Waals surface area contributed by atoms with Gasteiger partial charge in [0.25, 0.3) is 0 Å². The summed E-state index contributed by atoms with van der Waals surface area (Å²) in [6.07, 6.45) is 8.02. The lowest BCUT2D eigenvalue weighted by Crippen LogP contribution is -1.97. The summed E-state index contributed by atoms with van der Waals surface area (Å²) in [6, 6.07) is 14.9. The number of hydrogen-bond acceptors (Lipinski definition) is 4. The van der Waals surface area contributed by atoms with Crippen LogP contribution in [0.25, 0.3) is 21.0 Å². The molecule has 5 heteroatoms. The van der Waals surface area contributed by atoms with Crippen LogP contribution in [0.2, 0.25) is 0 Å². The maximum absolute atomic E-state index is 11.0. The zero-order valence-electron chi connectivity index (χ0n) is 16.1. The van der Waals surface area contributed by atoms with Gasteiger partial charge in [0.15, 0.2) is 0 Å². The number of aromatic carboxylic acids is 1. The molecule has 4 nitrogen and oxygen atoms in total. The Balaban J connectivity index is 1.58. The highest BCUT2D eigenvalue weighted by molar-refractivity contribution is 7.18. The molecule has 1 N–H and O–H groups in total. The van der Waals surface area contributed by atoms with E-state index in [0.29, 0.717) is 0 Å². The van der Waals surface area contributed by atoms with E-state index in [9.17, 15) is 4.79 Å². The Labute approximate surface area is 169 Å². The van der Waals surface area contributed by atoms with E-state index in [-0.39, 0.29) is 5.56 Å². The van der Waals surface area contributed by atoms with Crippen LogP contribution in [0.5, 0.6) is 5.75 Å². The van der Waals surface area contributed by atoms with E-state index in [4.69, 9.17) is 9.84 Å². The topological polar surface area (TPSA) is 59.4 Å². The fraction of sp³-hybridized carbons (Fsp3) is 0.304. The Morgan fingerprint density at radius 1 is 0.964 bits per heavy atom. The first kappa shape index (κ1) is 20.1. The fourth-order valence-corrected chi connectivity index (χ4v) is 3.83. The second-order valence-corrected chi connectivity index (χ2v) is 7.73. The number of carbonyl (C=O) groups is 1. The Hall–Kier alpha value is -2.66. The molecule has 0 amide bonds. The van der Waals surface area contributed by atoms with E-state index in [1.54, 1.807) is 35.6 Å². The molecule has 0 saturated carbocycles. The van der Waals surface area contributed by atoms with Crippen molar-refractivity contribution in [3.63, 3.8) is 0 Å². The van der Waals surface area contributed by atoms with Gasteiger partial charge in [-0.15, -0.1) is 11.3 Å². The summed E-state index contributed by atoms with van der Waals surface area (Å²) in [6.45, 7) is 2.99. The highest BCUT2D eigenvalue weighted by Crippen LogP contribution is 2.33. The van der Waals surface area contributed by atoms with Crippen molar-refractivity contribution in [2.75, 3.05) is 6.61 Å². The van der Waals surface area contributed by atoms with Crippen LogP contribution in [-0.4, -0.2) is 22.7 Å². The Bertz CT molecular complexity index is 885. The number of rotatable bonds is 10. The molecule has 0 atom stereocenters. The summed E-state index contributed by atoms with van der Waals surface area (Å²) in [5.41, 5.74) is 2.30. The van der Waals surface area contributed by atoms with Gasteiger partial charge >= 0.3 is 5.97 Å². The van der Waals surface area contributed by atoms with Crippen LogP contribution in [-0.2, 0) is 0 Å². The SMILES string of the molecule is CCCCCCCOc1ccc(-c2cnc(-c3ccc(C(=O)O)cc3)s2)cc1. The molecule has 3 rings (SSSR count). The number of thiazole rings is 1. The summed E-state index contributed by atoms with van der Waals surface area (Å²) in [7, 11) is 0. The van der Waals surface area contributed by atoms with Crippen molar-refractivity contribution in [2.24, 2.45) is 0 Å². The van der Waals surface area contributed by atoms with Crippen LogP contribution in [0.4, 0.5) is 0 Å². The minimum Gasteiger partial charge on any atom is -0.494 e. The minimum atomic E-state index is -0.922. The Morgan fingerprint density at radius 2 is 1.64 bits per heavy atom. The molecule has 28 heavy (non-hydrogen) atoms. The molecule has 2 aromatic carbocycles. The molecule has 0 spiro atoms. The predicted molar refractivity (Wildman–Crippen MR) is 114 cm³/mol. The number of ether oxygens (including phenoxy) is 1. The second kappa shape index (κ2) is 10.0. The zero-order chi connectivity index (χ0) is 19.8. The first-order valence-corrected chi connectivity index (χ1v) is 10.5. The van der Waals surface area contributed by atoms with E-state index in [0.717, 1.165) is 39.8 Å². The molecule has 1 aromatic heterocycles. The molecular weight excluding hydrogens is 370 g/mol. The molecule has 0 aliphatic rings. The second-order valence-electron chi connectivity index (χ2n) is 6.70. The maximum Gasteiger partial charge on any atom is 0.335 e. The molecule has 0 aliphatic heterocycles. The quantitative estimate of drug-likeness (QED) is 0.397. The van der Waals surface area contributed by atoms with E-state index in [1.165, 1.54) is 25.7 Å². The van der Waals surface area contributed by atoms with Gasteiger partial charge in [0, 0.05) is 11.8 Å². The standard InChI is InChI=1S/C23H25NO3S/c1-2-3-4-5-6-15-27-20-13-11-17(12-14-20)21-16-24-22(28-21)18-7-9-19(10-8-18)23(25)26/h7-14,16H,2-6,15H2,1H3,(H,25,26). The lowest BCUT2D eigenvalue weighted by Gasteiger charge is -2.06. The average molecular weight is 396 g/mol. The first-order valence-electron chi connectivity index (χ1n) is 9.70. The van der Waals surface area contributed by atoms with Crippen molar-refractivity contribution in [3.8, 4) is 26.8 Å². The normalized spacial score (nSPS) is 10.8. The third-order valence-corrected chi connectivity index (χ3v) is 5.64. The summed E-state index contributed by atoms with van der Waals surface area (Å²) in [4.78, 5) is 16.5. The summed E-state index contributed by atoms with van der Waals surface area (Å²) in [5.74, 6) is -0.0251. The van der Waals surface area contributed by atoms with Crippen molar-refractivity contribution in [2.45, 2.75) is 39.0 Å². The average Bonchev–Trinajstić information content (AvgIpc) is 3.21.